The van der Waals surface area contributed by atoms with E-state index in [9.17, 15) is 19.5 Å². The van der Waals surface area contributed by atoms with Gasteiger partial charge >= 0.3 is 12.0 Å². The van der Waals surface area contributed by atoms with Crippen LogP contribution in [0.3, 0.4) is 0 Å². The van der Waals surface area contributed by atoms with Gasteiger partial charge in [0, 0.05) is 13.0 Å². The largest absolute Gasteiger partial charge is 0.468 e. The maximum absolute atomic E-state index is 12.9. The fraction of sp³-hybridized carbons (Fsp3) is 0.812. The van der Waals surface area contributed by atoms with Crippen molar-refractivity contribution in [2.75, 3.05) is 20.3 Å². The standard InChI is InChI=1S/C16H25N3O5/c1-24-13(21)12-8-11(20)9-18(12)10-19-14(22)16(17-15(19)23)6-4-2-3-5-7-16/h11-12,20H,2-10H2,1H3,(H,17,23)/t11-,12-/m0/s1. The van der Waals surface area contributed by atoms with E-state index < -0.39 is 29.7 Å². The van der Waals surface area contributed by atoms with Crippen molar-refractivity contribution >= 4 is 17.9 Å². The average Bonchev–Trinajstić information content (AvgIpc) is 2.90. The summed E-state index contributed by atoms with van der Waals surface area (Å²) < 4.78 is 4.76. The molecule has 8 nitrogen and oxygen atoms in total. The summed E-state index contributed by atoms with van der Waals surface area (Å²) in [7, 11) is 1.29. The van der Waals surface area contributed by atoms with E-state index in [0.717, 1.165) is 25.7 Å². The smallest absolute Gasteiger partial charge is 0.326 e. The molecule has 2 saturated heterocycles. The van der Waals surface area contributed by atoms with Crippen LogP contribution in [0.5, 0.6) is 0 Å². The molecule has 0 aromatic carbocycles. The number of amides is 3. The van der Waals surface area contributed by atoms with Crippen molar-refractivity contribution in [2.45, 2.75) is 62.6 Å². The Kier molecular flexibility index (Phi) is 4.78. The van der Waals surface area contributed by atoms with Gasteiger partial charge in [0.2, 0.25) is 0 Å². The quantitative estimate of drug-likeness (QED) is 0.563. The van der Waals surface area contributed by atoms with Gasteiger partial charge in [-0.1, -0.05) is 25.7 Å². The number of esters is 1. The molecule has 0 radical (unpaired) electrons. The molecule has 3 fully saturated rings. The molecule has 2 aliphatic heterocycles. The second-order valence-corrected chi connectivity index (χ2v) is 7.00. The predicted octanol–water partition coefficient (Wildman–Crippen LogP) is 0.197. The molecule has 0 aromatic heterocycles. The van der Waals surface area contributed by atoms with Crippen molar-refractivity contribution in [3.05, 3.63) is 0 Å². The van der Waals surface area contributed by atoms with Crippen LogP contribution < -0.4 is 5.32 Å². The maximum atomic E-state index is 12.9. The van der Waals surface area contributed by atoms with E-state index in [2.05, 4.69) is 5.32 Å². The van der Waals surface area contributed by atoms with Gasteiger partial charge in [-0.05, 0) is 12.8 Å². The van der Waals surface area contributed by atoms with Crippen LogP contribution in [0.1, 0.15) is 44.9 Å². The zero-order valence-electron chi connectivity index (χ0n) is 14.0. The minimum atomic E-state index is -0.785. The third-order valence-electron chi connectivity index (χ3n) is 5.38. The van der Waals surface area contributed by atoms with E-state index in [-0.39, 0.29) is 25.5 Å². The van der Waals surface area contributed by atoms with Gasteiger partial charge in [0.05, 0.1) is 19.9 Å². The predicted molar refractivity (Wildman–Crippen MR) is 83.8 cm³/mol. The minimum Gasteiger partial charge on any atom is -0.468 e. The molecule has 0 unspecified atom stereocenters. The Morgan fingerprint density at radius 1 is 1.29 bits per heavy atom. The molecule has 1 aliphatic carbocycles. The summed E-state index contributed by atoms with van der Waals surface area (Å²) >= 11 is 0. The van der Waals surface area contributed by atoms with E-state index in [1.807, 2.05) is 0 Å². The second-order valence-electron chi connectivity index (χ2n) is 7.00. The summed E-state index contributed by atoms with van der Waals surface area (Å²) in [5, 5.41) is 12.7. The van der Waals surface area contributed by atoms with Gasteiger partial charge in [-0.25, -0.2) is 9.69 Å². The number of nitrogens with one attached hydrogen (secondary N) is 1. The molecule has 1 saturated carbocycles. The Labute approximate surface area is 141 Å². The summed E-state index contributed by atoms with van der Waals surface area (Å²) in [6.45, 7) is 0.243. The summed E-state index contributed by atoms with van der Waals surface area (Å²) in [5.74, 6) is -0.665. The molecule has 24 heavy (non-hydrogen) atoms. The van der Waals surface area contributed by atoms with E-state index in [1.54, 1.807) is 4.90 Å². The van der Waals surface area contributed by atoms with Crippen LogP contribution in [0.2, 0.25) is 0 Å². The first kappa shape index (κ1) is 17.2. The van der Waals surface area contributed by atoms with Gasteiger partial charge in [0.1, 0.15) is 11.6 Å². The first-order chi connectivity index (χ1) is 11.5. The molecule has 3 aliphatic rings. The first-order valence-corrected chi connectivity index (χ1v) is 8.61. The number of hydrogen-bond donors (Lipinski definition) is 2. The number of urea groups is 1. The van der Waals surface area contributed by atoms with E-state index >= 15 is 0 Å². The Morgan fingerprint density at radius 3 is 2.58 bits per heavy atom. The summed E-state index contributed by atoms with van der Waals surface area (Å²) in [6.07, 6.45) is 4.92. The SMILES string of the molecule is COC(=O)[C@@H]1C[C@H](O)CN1CN1C(=O)NC2(CCCCCC2)C1=O. The van der Waals surface area contributed by atoms with Crippen LogP contribution in [-0.2, 0) is 14.3 Å². The zero-order chi connectivity index (χ0) is 17.3. The Bertz CT molecular complexity index is 530. The lowest BCUT2D eigenvalue weighted by atomic mass is 9.90. The fourth-order valence-corrected chi connectivity index (χ4v) is 4.07. The average molecular weight is 339 g/mol. The van der Waals surface area contributed by atoms with E-state index in [1.165, 1.54) is 12.0 Å². The number of nitrogens with zero attached hydrogens (tertiary/aromatic N) is 2. The van der Waals surface area contributed by atoms with Crippen molar-refractivity contribution in [1.82, 2.24) is 15.1 Å². The van der Waals surface area contributed by atoms with Gasteiger partial charge in [-0.3, -0.25) is 14.5 Å². The molecule has 2 N–H and O–H groups in total. The first-order valence-electron chi connectivity index (χ1n) is 8.61. The van der Waals surface area contributed by atoms with Crippen molar-refractivity contribution in [3.8, 4) is 0 Å². The van der Waals surface area contributed by atoms with Crippen LogP contribution in [-0.4, -0.2) is 70.8 Å². The Morgan fingerprint density at radius 2 is 1.96 bits per heavy atom. The summed E-state index contributed by atoms with van der Waals surface area (Å²) in [4.78, 5) is 40.0. The van der Waals surface area contributed by atoms with Gasteiger partial charge in [-0.2, -0.15) is 0 Å². The van der Waals surface area contributed by atoms with Gasteiger partial charge in [0.25, 0.3) is 5.91 Å². The van der Waals surface area contributed by atoms with Crippen molar-refractivity contribution in [1.29, 1.82) is 0 Å². The molecule has 2 atom stereocenters. The lowest BCUT2D eigenvalue weighted by molar-refractivity contribution is -0.147. The monoisotopic (exact) mass is 339 g/mol. The van der Waals surface area contributed by atoms with Crippen LogP contribution in [0.4, 0.5) is 4.79 Å². The minimum absolute atomic E-state index is 0.00322. The lowest BCUT2D eigenvalue weighted by Gasteiger charge is -2.28. The number of methoxy groups -OCH3 is 1. The van der Waals surface area contributed by atoms with Crippen molar-refractivity contribution in [3.63, 3.8) is 0 Å². The third kappa shape index (κ3) is 3.00. The van der Waals surface area contributed by atoms with Crippen LogP contribution >= 0.6 is 0 Å². The molecule has 3 rings (SSSR count). The van der Waals surface area contributed by atoms with Crippen molar-refractivity contribution in [2.24, 2.45) is 0 Å². The molecule has 8 heteroatoms. The normalized spacial score (nSPS) is 30.5. The maximum Gasteiger partial charge on any atom is 0.326 e. The highest BCUT2D eigenvalue weighted by Crippen LogP contribution is 2.33. The van der Waals surface area contributed by atoms with Gasteiger partial charge in [0.15, 0.2) is 0 Å². The van der Waals surface area contributed by atoms with Crippen LogP contribution in [0.15, 0.2) is 0 Å². The number of likely N-dealkylation sites (tertiary alicyclic amines) is 1. The second kappa shape index (κ2) is 6.68. The number of hydrogen-bond acceptors (Lipinski definition) is 6. The number of carbonyl (C=O) groups excluding carboxylic acids is 3. The number of rotatable bonds is 3. The molecule has 2 heterocycles. The topological polar surface area (TPSA) is 99.2 Å². The molecule has 0 bridgehead atoms. The molecular formula is C16H25N3O5. The van der Waals surface area contributed by atoms with E-state index in [4.69, 9.17) is 4.74 Å². The molecule has 134 valence electrons. The zero-order valence-corrected chi connectivity index (χ0v) is 14.0. The Balaban J connectivity index is 1.73. The molecule has 3 amide bonds. The molecular weight excluding hydrogens is 314 g/mol. The van der Waals surface area contributed by atoms with Crippen LogP contribution in [0, 0.1) is 0 Å². The summed E-state index contributed by atoms with van der Waals surface area (Å²) in [6, 6.07) is -1.04. The number of carbonyl (C=O) groups is 3. The Hall–Kier alpha value is -1.67. The highest BCUT2D eigenvalue weighted by atomic mass is 16.5. The van der Waals surface area contributed by atoms with Crippen molar-refractivity contribution < 1.29 is 24.2 Å². The number of imide groups is 1. The highest BCUT2D eigenvalue weighted by molar-refractivity contribution is 6.07. The lowest BCUT2D eigenvalue weighted by Crippen LogP contribution is -2.49. The number of aliphatic hydroxyl groups is 1. The highest BCUT2D eigenvalue weighted by Gasteiger charge is 2.52. The van der Waals surface area contributed by atoms with E-state index in [0.29, 0.717) is 12.8 Å². The van der Waals surface area contributed by atoms with Crippen LogP contribution in [0.25, 0.3) is 0 Å². The molecule has 1 spiro atoms. The van der Waals surface area contributed by atoms with Gasteiger partial charge in [-0.15, -0.1) is 0 Å². The number of ether oxygens (including phenoxy) is 1. The number of β-amino-alcohol motifs (C(OH)–C–C–N with tert-alkyl or cyclic N) is 1. The molecule has 0 aromatic rings. The third-order valence-corrected chi connectivity index (χ3v) is 5.38. The number of aliphatic hydroxyl groups excluding tert-OH is 1. The van der Waals surface area contributed by atoms with Gasteiger partial charge < -0.3 is 15.2 Å². The fourth-order valence-electron chi connectivity index (χ4n) is 4.07. The summed E-state index contributed by atoms with van der Waals surface area (Å²) in [5.41, 5.74) is -0.785.